The van der Waals surface area contributed by atoms with Gasteiger partial charge in [0.1, 0.15) is 11.5 Å². The molecule has 1 atom stereocenters. The first-order valence-corrected chi connectivity index (χ1v) is 9.88. The van der Waals surface area contributed by atoms with Crippen molar-refractivity contribution in [1.82, 2.24) is 5.32 Å². The maximum atomic E-state index is 11.0. The summed E-state index contributed by atoms with van der Waals surface area (Å²) in [6.45, 7) is 0.957. The number of phenolic OH excluding ortho intramolecular Hbond substituents is 2. The Morgan fingerprint density at radius 2 is 1.25 bits per heavy atom. The Kier molecular flexibility index (Phi) is 4.18. The van der Waals surface area contributed by atoms with Crippen molar-refractivity contribution in [2.45, 2.75) is 24.8 Å². The molecule has 140 valence electrons. The molecule has 3 heteroatoms. The van der Waals surface area contributed by atoms with Crippen LogP contribution in [0.15, 0.2) is 72.8 Å². The van der Waals surface area contributed by atoms with Crippen LogP contribution in [0.25, 0.3) is 21.5 Å². The zero-order chi connectivity index (χ0) is 19.1. The molecule has 28 heavy (non-hydrogen) atoms. The quantitative estimate of drug-likeness (QED) is 0.460. The van der Waals surface area contributed by atoms with E-state index in [0.29, 0.717) is 0 Å². The minimum Gasteiger partial charge on any atom is -0.508 e. The second-order valence-electron chi connectivity index (χ2n) is 7.62. The van der Waals surface area contributed by atoms with Crippen LogP contribution < -0.4 is 5.32 Å². The van der Waals surface area contributed by atoms with Gasteiger partial charge in [-0.05, 0) is 53.1 Å². The Bertz CT molecular complexity index is 1080. The van der Waals surface area contributed by atoms with E-state index >= 15 is 0 Å². The van der Waals surface area contributed by atoms with Crippen molar-refractivity contribution >= 4 is 21.5 Å². The maximum Gasteiger partial charge on any atom is 0.120 e. The van der Waals surface area contributed by atoms with E-state index in [4.69, 9.17) is 0 Å². The number of phenols is 2. The van der Waals surface area contributed by atoms with Gasteiger partial charge in [0.15, 0.2) is 0 Å². The van der Waals surface area contributed by atoms with E-state index in [1.165, 1.54) is 0 Å². The molecule has 1 fully saturated rings. The summed E-state index contributed by atoms with van der Waals surface area (Å²) in [4.78, 5) is 0. The van der Waals surface area contributed by atoms with Gasteiger partial charge >= 0.3 is 0 Å². The van der Waals surface area contributed by atoms with E-state index in [9.17, 15) is 10.2 Å². The Labute approximate surface area is 164 Å². The molecule has 0 radical (unpaired) electrons. The van der Waals surface area contributed by atoms with E-state index in [2.05, 4.69) is 29.6 Å². The van der Waals surface area contributed by atoms with Crippen LogP contribution in [0.2, 0.25) is 0 Å². The first-order valence-electron chi connectivity index (χ1n) is 9.88. The normalized spacial score (nSPS) is 17.0. The monoisotopic (exact) mass is 369 g/mol. The van der Waals surface area contributed by atoms with Crippen LogP contribution in [0.4, 0.5) is 0 Å². The van der Waals surface area contributed by atoms with Crippen LogP contribution in [0.3, 0.4) is 0 Å². The zero-order valence-corrected chi connectivity index (χ0v) is 15.6. The number of hydrogen-bond donors (Lipinski definition) is 3. The van der Waals surface area contributed by atoms with Crippen LogP contribution >= 0.6 is 0 Å². The number of nitrogens with one attached hydrogen (secondary N) is 1. The largest absolute Gasteiger partial charge is 0.508 e. The van der Waals surface area contributed by atoms with Crippen molar-refractivity contribution in [2.75, 3.05) is 6.54 Å². The Balaban J connectivity index is 1.85. The highest BCUT2D eigenvalue weighted by atomic mass is 16.3. The number of fused-ring (bicyclic) bond motifs is 2. The average molecular weight is 369 g/mol. The van der Waals surface area contributed by atoms with Crippen LogP contribution in [-0.2, 0) is 0 Å². The third kappa shape index (κ3) is 2.71. The van der Waals surface area contributed by atoms with Gasteiger partial charge in [-0.1, -0.05) is 60.7 Å². The van der Waals surface area contributed by atoms with E-state index in [-0.39, 0.29) is 23.5 Å². The molecule has 0 saturated carbocycles. The molecular formula is C25H23NO2. The predicted octanol–water partition coefficient (Wildman–Crippen LogP) is 5.29. The van der Waals surface area contributed by atoms with Gasteiger partial charge in [0.25, 0.3) is 0 Å². The molecule has 0 aromatic heterocycles. The highest BCUT2D eigenvalue weighted by molar-refractivity contribution is 5.92. The average Bonchev–Trinajstić information content (AvgIpc) is 3.26. The first-order chi connectivity index (χ1) is 13.7. The standard InChI is InChI=1S/C25H23NO2/c27-21-13-11-16-6-1-3-8-18(16)23(21)25(20-10-5-15-26-20)24-19-9-4-2-7-17(19)12-14-22(24)28/h1-4,6-9,11-14,20,25-28H,5,10,15H2/t20-/m0/s1. The lowest BCUT2D eigenvalue weighted by Crippen LogP contribution is -2.30. The van der Waals surface area contributed by atoms with Crippen molar-refractivity contribution < 1.29 is 10.2 Å². The fourth-order valence-electron chi connectivity index (χ4n) is 4.76. The molecule has 0 unspecified atom stereocenters. The van der Waals surface area contributed by atoms with Gasteiger partial charge in [0.2, 0.25) is 0 Å². The Hall–Kier alpha value is -3.04. The smallest absolute Gasteiger partial charge is 0.120 e. The summed E-state index contributed by atoms with van der Waals surface area (Å²) < 4.78 is 0. The molecule has 0 bridgehead atoms. The summed E-state index contributed by atoms with van der Waals surface area (Å²) in [5, 5.41) is 29.8. The van der Waals surface area contributed by atoms with E-state index in [1.54, 1.807) is 12.1 Å². The van der Waals surface area contributed by atoms with Crippen molar-refractivity contribution in [2.24, 2.45) is 0 Å². The predicted molar refractivity (Wildman–Crippen MR) is 114 cm³/mol. The first kappa shape index (κ1) is 17.1. The van der Waals surface area contributed by atoms with Gasteiger partial charge in [-0.2, -0.15) is 0 Å². The Morgan fingerprint density at radius 3 is 1.75 bits per heavy atom. The molecule has 1 aliphatic rings. The third-order valence-corrected chi connectivity index (χ3v) is 6.02. The molecule has 4 aromatic carbocycles. The number of hydrogen-bond acceptors (Lipinski definition) is 3. The van der Waals surface area contributed by atoms with Crippen LogP contribution in [-0.4, -0.2) is 22.8 Å². The van der Waals surface area contributed by atoms with Crippen molar-refractivity contribution in [1.29, 1.82) is 0 Å². The summed E-state index contributed by atoms with van der Waals surface area (Å²) >= 11 is 0. The second kappa shape index (κ2) is 6.84. The van der Waals surface area contributed by atoms with E-state index < -0.39 is 0 Å². The minimum atomic E-state index is -0.139. The zero-order valence-electron chi connectivity index (χ0n) is 15.6. The highest BCUT2D eigenvalue weighted by Gasteiger charge is 2.33. The highest BCUT2D eigenvalue weighted by Crippen LogP contribution is 2.46. The minimum absolute atomic E-state index is 0.139. The summed E-state index contributed by atoms with van der Waals surface area (Å²) in [5.74, 6) is 0.425. The SMILES string of the molecule is Oc1ccc2ccccc2c1C(c1c(O)ccc2ccccc12)[C@@H]1CCCN1. The lowest BCUT2D eigenvalue weighted by Gasteiger charge is -2.28. The Morgan fingerprint density at radius 1 is 0.714 bits per heavy atom. The lowest BCUT2D eigenvalue weighted by molar-refractivity contribution is 0.438. The molecule has 0 aliphatic carbocycles. The molecule has 3 N–H and O–H groups in total. The lowest BCUT2D eigenvalue weighted by atomic mass is 9.79. The van der Waals surface area contributed by atoms with Crippen molar-refractivity contribution in [3.05, 3.63) is 83.9 Å². The molecule has 1 aliphatic heterocycles. The molecule has 5 rings (SSSR count). The molecule has 3 nitrogen and oxygen atoms in total. The second-order valence-corrected chi connectivity index (χ2v) is 7.62. The summed E-state index contributed by atoms with van der Waals surface area (Å²) in [5.41, 5.74) is 1.79. The molecule has 1 heterocycles. The van der Waals surface area contributed by atoms with Crippen LogP contribution in [0, 0.1) is 0 Å². The fraction of sp³-hybridized carbons (Fsp3) is 0.200. The number of rotatable bonds is 3. The molecule has 0 spiro atoms. The van der Waals surface area contributed by atoms with Gasteiger partial charge in [-0.3, -0.25) is 0 Å². The fourth-order valence-corrected chi connectivity index (χ4v) is 4.76. The number of benzene rings is 4. The van der Waals surface area contributed by atoms with Crippen LogP contribution in [0.5, 0.6) is 11.5 Å². The number of aromatic hydroxyl groups is 2. The topological polar surface area (TPSA) is 52.5 Å². The van der Waals surface area contributed by atoms with Crippen molar-refractivity contribution in [3.8, 4) is 11.5 Å². The molecular weight excluding hydrogens is 346 g/mol. The van der Waals surface area contributed by atoms with E-state index in [1.807, 2.05) is 36.4 Å². The molecule has 0 amide bonds. The van der Waals surface area contributed by atoms with Gasteiger partial charge in [-0.25, -0.2) is 0 Å². The third-order valence-electron chi connectivity index (χ3n) is 6.02. The summed E-state index contributed by atoms with van der Waals surface area (Å²) in [6.07, 6.45) is 2.11. The molecule has 4 aromatic rings. The molecule has 1 saturated heterocycles. The van der Waals surface area contributed by atoms with E-state index in [0.717, 1.165) is 52.1 Å². The van der Waals surface area contributed by atoms with Crippen molar-refractivity contribution in [3.63, 3.8) is 0 Å². The van der Waals surface area contributed by atoms with Gasteiger partial charge in [0, 0.05) is 23.1 Å². The van der Waals surface area contributed by atoms with Gasteiger partial charge in [0.05, 0.1) is 0 Å². The van der Waals surface area contributed by atoms with Crippen LogP contribution in [0.1, 0.15) is 29.9 Å². The maximum absolute atomic E-state index is 11.0. The summed E-state index contributed by atoms with van der Waals surface area (Å²) in [7, 11) is 0. The summed E-state index contributed by atoms with van der Waals surface area (Å²) in [6, 6.07) is 23.9. The van der Waals surface area contributed by atoms with Gasteiger partial charge in [-0.15, -0.1) is 0 Å². The van der Waals surface area contributed by atoms with Gasteiger partial charge < -0.3 is 15.5 Å².